The van der Waals surface area contributed by atoms with E-state index in [0.29, 0.717) is 17.0 Å². The van der Waals surface area contributed by atoms with Gasteiger partial charge in [0.1, 0.15) is 12.4 Å². The van der Waals surface area contributed by atoms with Crippen molar-refractivity contribution in [3.8, 4) is 6.07 Å². The smallest absolute Gasteiger partial charge is 0.307 e. The summed E-state index contributed by atoms with van der Waals surface area (Å²) in [6.07, 6.45) is 1.27. The predicted molar refractivity (Wildman–Crippen MR) is 88.7 cm³/mol. The lowest BCUT2D eigenvalue weighted by Crippen LogP contribution is -2.27. The van der Waals surface area contributed by atoms with Gasteiger partial charge in [-0.15, -0.1) is 0 Å². The number of carbonyl (C=O) groups is 1. The van der Waals surface area contributed by atoms with Gasteiger partial charge in [0.2, 0.25) is 0 Å². The van der Waals surface area contributed by atoms with E-state index in [1.807, 2.05) is 6.07 Å². The Morgan fingerprint density at radius 1 is 1.40 bits per heavy atom. The summed E-state index contributed by atoms with van der Waals surface area (Å²) in [4.78, 5) is 15.7. The summed E-state index contributed by atoms with van der Waals surface area (Å²) in [6.45, 7) is 1.56. The molecule has 1 aromatic heterocycles. The van der Waals surface area contributed by atoms with Crippen LogP contribution >= 0.6 is 0 Å². The summed E-state index contributed by atoms with van der Waals surface area (Å²) < 4.78 is 33.1. The fourth-order valence-corrected chi connectivity index (χ4v) is 3.07. The average molecular weight is 362 g/mol. The van der Waals surface area contributed by atoms with Crippen molar-refractivity contribution < 1.29 is 17.9 Å². The van der Waals surface area contributed by atoms with E-state index in [4.69, 9.17) is 10.00 Å². The number of carbonyl (C=O) groups excluding carboxylic acids is 1. The molecule has 0 spiro atoms. The average Bonchev–Trinajstić information content (AvgIpc) is 2.93. The van der Waals surface area contributed by atoms with Crippen LogP contribution in [0.5, 0.6) is 0 Å². The van der Waals surface area contributed by atoms with Crippen molar-refractivity contribution in [2.45, 2.75) is 25.0 Å². The van der Waals surface area contributed by atoms with Crippen LogP contribution in [0.15, 0.2) is 35.5 Å². The Kier molecular flexibility index (Phi) is 5.90. The van der Waals surface area contributed by atoms with E-state index in [-0.39, 0.29) is 24.6 Å². The van der Waals surface area contributed by atoms with Crippen molar-refractivity contribution in [3.05, 3.63) is 47.4 Å². The monoisotopic (exact) mass is 362 g/mol. The van der Waals surface area contributed by atoms with Crippen molar-refractivity contribution in [1.29, 1.82) is 5.26 Å². The lowest BCUT2D eigenvalue weighted by Gasteiger charge is -2.07. The SMILES string of the molecule is Cc1nc(S(=O)(=O)NCCC(=O)OCc2ccccc2C#N)cn1C. The third kappa shape index (κ3) is 4.89. The molecule has 0 unspecified atom stereocenters. The van der Waals surface area contributed by atoms with E-state index in [1.54, 1.807) is 42.8 Å². The largest absolute Gasteiger partial charge is 0.461 e. The first-order valence-corrected chi connectivity index (χ1v) is 8.95. The zero-order valence-corrected chi connectivity index (χ0v) is 14.7. The molecule has 0 aliphatic heterocycles. The van der Waals surface area contributed by atoms with Gasteiger partial charge in [0.25, 0.3) is 10.0 Å². The van der Waals surface area contributed by atoms with Gasteiger partial charge in [-0.2, -0.15) is 5.26 Å². The zero-order valence-electron chi connectivity index (χ0n) is 13.9. The number of esters is 1. The summed E-state index contributed by atoms with van der Waals surface area (Å²) in [5.41, 5.74) is 1.03. The van der Waals surface area contributed by atoms with Crippen LogP contribution in [0.4, 0.5) is 0 Å². The topological polar surface area (TPSA) is 114 Å². The minimum atomic E-state index is -3.77. The van der Waals surface area contributed by atoms with Crippen LogP contribution in [0.25, 0.3) is 0 Å². The van der Waals surface area contributed by atoms with Gasteiger partial charge in [0.15, 0.2) is 5.03 Å². The Labute approximate surface area is 146 Å². The summed E-state index contributed by atoms with van der Waals surface area (Å²) in [5.74, 6) is 0.00332. The van der Waals surface area contributed by atoms with Crippen LogP contribution in [0.3, 0.4) is 0 Å². The van der Waals surface area contributed by atoms with Crippen LogP contribution < -0.4 is 4.72 Å². The number of hydrogen-bond donors (Lipinski definition) is 1. The number of sulfonamides is 1. The number of aromatic nitrogens is 2. The normalized spacial score (nSPS) is 11.1. The number of imidazole rings is 1. The highest BCUT2D eigenvalue weighted by atomic mass is 32.2. The molecule has 1 N–H and O–H groups in total. The Hall–Kier alpha value is -2.70. The molecule has 0 bridgehead atoms. The molecule has 0 aliphatic carbocycles. The third-order valence-electron chi connectivity index (χ3n) is 3.51. The Morgan fingerprint density at radius 3 is 2.76 bits per heavy atom. The van der Waals surface area contributed by atoms with Gasteiger partial charge < -0.3 is 9.30 Å². The number of hydrogen-bond acceptors (Lipinski definition) is 6. The lowest BCUT2D eigenvalue weighted by molar-refractivity contribution is -0.144. The highest BCUT2D eigenvalue weighted by Crippen LogP contribution is 2.10. The molecule has 0 fully saturated rings. The molecule has 1 aromatic carbocycles. The van der Waals surface area contributed by atoms with Crippen LogP contribution in [0, 0.1) is 18.3 Å². The van der Waals surface area contributed by atoms with Gasteiger partial charge >= 0.3 is 5.97 Å². The van der Waals surface area contributed by atoms with Crippen molar-refractivity contribution in [2.24, 2.45) is 7.05 Å². The zero-order chi connectivity index (χ0) is 18.4. The van der Waals surface area contributed by atoms with E-state index in [9.17, 15) is 13.2 Å². The standard InChI is InChI=1S/C16H18N4O4S/c1-12-19-15(10-20(12)2)25(22,23)18-8-7-16(21)24-11-14-6-4-3-5-13(14)9-17/h3-6,10,18H,7-8,11H2,1-2H3. The van der Waals surface area contributed by atoms with Gasteiger partial charge in [0, 0.05) is 25.4 Å². The van der Waals surface area contributed by atoms with E-state index in [1.165, 1.54) is 6.20 Å². The van der Waals surface area contributed by atoms with Gasteiger partial charge in [0.05, 0.1) is 18.1 Å². The fourth-order valence-electron chi connectivity index (χ4n) is 2.00. The molecule has 0 atom stereocenters. The fraction of sp³-hybridized carbons (Fsp3) is 0.312. The highest BCUT2D eigenvalue weighted by Gasteiger charge is 2.18. The molecular formula is C16H18N4O4S. The summed E-state index contributed by atoms with van der Waals surface area (Å²) >= 11 is 0. The minimum Gasteiger partial charge on any atom is -0.461 e. The number of benzene rings is 1. The molecule has 9 heteroatoms. The third-order valence-corrected chi connectivity index (χ3v) is 4.84. The minimum absolute atomic E-state index is 0.0330. The van der Waals surface area contributed by atoms with Crippen molar-refractivity contribution in [3.63, 3.8) is 0 Å². The van der Waals surface area contributed by atoms with E-state index < -0.39 is 16.0 Å². The maximum Gasteiger partial charge on any atom is 0.307 e. The molecule has 1 heterocycles. The predicted octanol–water partition coefficient (Wildman–Crippen LogP) is 1.01. The Balaban J connectivity index is 1.83. The van der Waals surface area contributed by atoms with Crippen LogP contribution in [-0.2, 0) is 33.2 Å². The van der Waals surface area contributed by atoms with E-state index >= 15 is 0 Å². The van der Waals surface area contributed by atoms with Crippen molar-refractivity contribution in [1.82, 2.24) is 14.3 Å². The van der Waals surface area contributed by atoms with Crippen LogP contribution in [0.1, 0.15) is 23.4 Å². The molecule has 25 heavy (non-hydrogen) atoms. The first-order chi connectivity index (χ1) is 11.8. The molecule has 0 aliphatic rings. The number of ether oxygens (including phenoxy) is 1. The second kappa shape index (κ2) is 7.92. The summed E-state index contributed by atoms with van der Waals surface area (Å²) in [5, 5.41) is 8.88. The second-order valence-corrected chi connectivity index (χ2v) is 7.03. The van der Waals surface area contributed by atoms with Gasteiger partial charge in [-0.1, -0.05) is 18.2 Å². The molecule has 0 amide bonds. The number of nitrogens with one attached hydrogen (secondary N) is 1. The molecular weight excluding hydrogens is 344 g/mol. The maximum absolute atomic E-state index is 12.1. The molecule has 0 saturated carbocycles. The van der Waals surface area contributed by atoms with Crippen LogP contribution in [-0.4, -0.2) is 30.5 Å². The summed E-state index contributed by atoms with van der Waals surface area (Å²) in [7, 11) is -2.08. The number of nitriles is 1. The molecule has 2 aromatic rings. The highest BCUT2D eigenvalue weighted by molar-refractivity contribution is 7.89. The van der Waals surface area contributed by atoms with Crippen molar-refractivity contribution >= 4 is 16.0 Å². The molecule has 8 nitrogen and oxygen atoms in total. The van der Waals surface area contributed by atoms with E-state index in [2.05, 4.69) is 9.71 Å². The number of aryl methyl sites for hydroxylation is 2. The van der Waals surface area contributed by atoms with Crippen LogP contribution in [0.2, 0.25) is 0 Å². The van der Waals surface area contributed by atoms with Gasteiger partial charge in [-0.05, 0) is 13.0 Å². The Morgan fingerprint density at radius 2 is 2.12 bits per heavy atom. The van der Waals surface area contributed by atoms with Gasteiger partial charge in [-0.3, -0.25) is 4.79 Å². The Bertz CT molecular complexity index is 893. The van der Waals surface area contributed by atoms with Gasteiger partial charge in [-0.25, -0.2) is 18.1 Å². The molecule has 0 saturated heterocycles. The first-order valence-electron chi connectivity index (χ1n) is 7.47. The van der Waals surface area contributed by atoms with E-state index in [0.717, 1.165) is 0 Å². The molecule has 0 radical (unpaired) electrons. The van der Waals surface area contributed by atoms with Crippen molar-refractivity contribution in [2.75, 3.05) is 6.54 Å². The molecule has 132 valence electrons. The second-order valence-electron chi connectivity index (χ2n) is 5.31. The summed E-state index contributed by atoms with van der Waals surface area (Å²) in [6, 6.07) is 8.80. The molecule has 2 rings (SSSR count). The quantitative estimate of drug-likeness (QED) is 0.735. The maximum atomic E-state index is 12.1. The first kappa shape index (κ1) is 18.6. The number of rotatable bonds is 7. The lowest BCUT2D eigenvalue weighted by atomic mass is 10.1. The number of nitrogens with zero attached hydrogens (tertiary/aromatic N) is 3.